The molecule has 0 saturated carbocycles. The molecule has 1 heterocycles. The Morgan fingerprint density at radius 2 is 2.16 bits per heavy atom. The summed E-state index contributed by atoms with van der Waals surface area (Å²) in [4.78, 5) is 16.3. The minimum absolute atomic E-state index is 0.0294. The smallest absolute Gasteiger partial charge is 0.273 e. The zero-order valence-electron chi connectivity index (χ0n) is 13.9. The molecule has 2 N–H and O–H groups in total. The highest BCUT2D eigenvalue weighted by Gasteiger charge is 2.11. The van der Waals surface area contributed by atoms with Crippen molar-refractivity contribution >= 4 is 41.1 Å². The van der Waals surface area contributed by atoms with Crippen molar-refractivity contribution < 1.29 is 14.1 Å². The molecule has 2 rings (SSSR count). The Labute approximate surface area is 155 Å². The van der Waals surface area contributed by atoms with Crippen LogP contribution in [0.4, 0.5) is 5.69 Å². The molecule has 0 spiro atoms. The van der Waals surface area contributed by atoms with Crippen LogP contribution < -0.4 is 9.73 Å². The quantitative estimate of drug-likeness (QED) is 0.346. The van der Waals surface area contributed by atoms with Crippen molar-refractivity contribution in [3.05, 3.63) is 52.8 Å². The predicted octanol–water partition coefficient (Wildman–Crippen LogP) is 3.24. The molecule has 0 bridgehead atoms. The van der Waals surface area contributed by atoms with E-state index in [-0.39, 0.29) is 5.75 Å². The molecule has 0 radical (unpaired) electrons. The number of halogens is 1. The molecule has 2 aromatic rings. The van der Waals surface area contributed by atoms with E-state index >= 15 is 0 Å². The molecular formula is C16H17ClN4O3S. The standard InChI is InChI=1S/C16H17ClN4O3S/c1-10(14-7-12(17)4-5-15(14)22)19-20-16(23)11-6-13(9-18-8-11)21(2)25-24-3/h4-9,22H,1-3H3,(H,20,23)/b19-10+. The monoisotopic (exact) mass is 380 g/mol. The second-order valence-electron chi connectivity index (χ2n) is 4.97. The zero-order chi connectivity index (χ0) is 18.4. The number of nitrogens with zero attached hydrogens (tertiary/aromatic N) is 3. The molecule has 25 heavy (non-hydrogen) atoms. The van der Waals surface area contributed by atoms with E-state index in [4.69, 9.17) is 15.8 Å². The van der Waals surface area contributed by atoms with Crippen LogP contribution in [0.1, 0.15) is 22.8 Å². The van der Waals surface area contributed by atoms with Crippen LogP contribution in [0.5, 0.6) is 5.75 Å². The fourth-order valence-electron chi connectivity index (χ4n) is 1.94. The number of phenols is 1. The van der Waals surface area contributed by atoms with Gasteiger partial charge in [0.05, 0.1) is 30.3 Å². The maximum Gasteiger partial charge on any atom is 0.273 e. The van der Waals surface area contributed by atoms with Crippen LogP contribution in [0, 0.1) is 0 Å². The molecule has 0 aliphatic carbocycles. The summed E-state index contributed by atoms with van der Waals surface area (Å²) in [5.41, 5.74) is 4.34. The molecule has 132 valence electrons. The number of amides is 1. The van der Waals surface area contributed by atoms with Gasteiger partial charge in [-0.25, -0.2) is 5.43 Å². The van der Waals surface area contributed by atoms with E-state index in [9.17, 15) is 9.90 Å². The first-order valence-electron chi connectivity index (χ1n) is 7.15. The maximum atomic E-state index is 12.3. The molecular weight excluding hydrogens is 364 g/mol. The fourth-order valence-corrected chi connectivity index (χ4v) is 2.52. The van der Waals surface area contributed by atoms with Gasteiger partial charge in [-0.3, -0.25) is 14.1 Å². The number of nitrogens with one attached hydrogen (secondary N) is 1. The number of pyridine rings is 1. The van der Waals surface area contributed by atoms with Gasteiger partial charge in [0.2, 0.25) is 0 Å². The van der Waals surface area contributed by atoms with Gasteiger partial charge in [0, 0.05) is 23.8 Å². The van der Waals surface area contributed by atoms with E-state index in [2.05, 4.69) is 15.5 Å². The van der Waals surface area contributed by atoms with Crippen LogP contribution >= 0.6 is 23.8 Å². The van der Waals surface area contributed by atoms with E-state index in [1.807, 2.05) is 0 Å². The van der Waals surface area contributed by atoms with Gasteiger partial charge in [0.1, 0.15) is 18.0 Å². The number of rotatable bonds is 6. The van der Waals surface area contributed by atoms with Crippen LogP contribution in [-0.4, -0.2) is 35.9 Å². The average molecular weight is 381 g/mol. The van der Waals surface area contributed by atoms with Crippen molar-refractivity contribution in [2.75, 3.05) is 18.5 Å². The SMILES string of the molecule is COSN(C)c1cncc(C(=O)N/N=C(\C)c2cc(Cl)ccc2O)c1. The van der Waals surface area contributed by atoms with E-state index in [1.54, 1.807) is 49.8 Å². The number of aromatic hydroxyl groups is 1. The average Bonchev–Trinajstić information content (AvgIpc) is 2.61. The lowest BCUT2D eigenvalue weighted by molar-refractivity contribution is 0.0954. The highest BCUT2D eigenvalue weighted by molar-refractivity contribution is 7.96. The van der Waals surface area contributed by atoms with Crippen molar-refractivity contribution in [1.29, 1.82) is 0 Å². The Hall–Kier alpha value is -2.29. The maximum absolute atomic E-state index is 12.3. The van der Waals surface area contributed by atoms with Gasteiger partial charge in [-0.1, -0.05) is 11.6 Å². The van der Waals surface area contributed by atoms with Gasteiger partial charge < -0.3 is 9.29 Å². The number of carbonyl (C=O) groups excluding carboxylic acids is 1. The lowest BCUT2D eigenvalue weighted by atomic mass is 10.1. The first-order valence-corrected chi connectivity index (χ1v) is 8.23. The Morgan fingerprint density at radius 1 is 1.40 bits per heavy atom. The van der Waals surface area contributed by atoms with Gasteiger partial charge in [0.25, 0.3) is 5.91 Å². The van der Waals surface area contributed by atoms with Gasteiger partial charge in [0.15, 0.2) is 0 Å². The molecule has 1 aromatic heterocycles. The van der Waals surface area contributed by atoms with E-state index in [1.165, 1.54) is 12.3 Å². The fraction of sp³-hybridized carbons (Fsp3) is 0.188. The summed E-state index contributed by atoms with van der Waals surface area (Å²) in [5, 5.41) is 14.3. The third-order valence-electron chi connectivity index (χ3n) is 3.21. The van der Waals surface area contributed by atoms with Gasteiger partial charge in [-0.2, -0.15) is 5.10 Å². The normalized spacial score (nSPS) is 11.3. The Kier molecular flexibility index (Phi) is 6.63. The summed E-state index contributed by atoms with van der Waals surface area (Å²) in [6, 6.07) is 6.27. The van der Waals surface area contributed by atoms with Crippen molar-refractivity contribution in [1.82, 2.24) is 10.4 Å². The first-order chi connectivity index (χ1) is 11.9. The third-order valence-corrected chi connectivity index (χ3v) is 4.03. The Balaban J connectivity index is 2.14. The van der Waals surface area contributed by atoms with Gasteiger partial charge in [-0.15, -0.1) is 0 Å². The molecule has 0 aliphatic rings. The number of benzene rings is 1. The second-order valence-corrected chi connectivity index (χ2v) is 6.44. The van der Waals surface area contributed by atoms with Crippen molar-refractivity contribution in [2.24, 2.45) is 5.10 Å². The topological polar surface area (TPSA) is 87.0 Å². The van der Waals surface area contributed by atoms with Crippen molar-refractivity contribution in [3.8, 4) is 5.75 Å². The number of hydrogen-bond acceptors (Lipinski definition) is 7. The summed E-state index contributed by atoms with van der Waals surface area (Å²) in [6.45, 7) is 1.66. The van der Waals surface area contributed by atoms with Crippen LogP contribution in [0.2, 0.25) is 5.02 Å². The van der Waals surface area contributed by atoms with Crippen LogP contribution in [0.25, 0.3) is 0 Å². The largest absolute Gasteiger partial charge is 0.507 e. The summed E-state index contributed by atoms with van der Waals surface area (Å²) in [5.74, 6) is -0.396. The van der Waals surface area contributed by atoms with Crippen LogP contribution in [0.3, 0.4) is 0 Å². The molecule has 0 saturated heterocycles. The first kappa shape index (κ1) is 19.0. The molecule has 0 unspecified atom stereocenters. The molecule has 7 nitrogen and oxygen atoms in total. The molecule has 0 atom stereocenters. The second kappa shape index (κ2) is 8.70. The predicted molar refractivity (Wildman–Crippen MR) is 100 cm³/mol. The molecule has 1 amide bonds. The van der Waals surface area contributed by atoms with Crippen molar-refractivity contribution in [3.63, 3.8) is 0 Å². The number of hydrogen-bond donors (Lipinski definition) is 2. The lowest BCUT2D eigenvalue weighted by Crippen LogP contribution is -2.20. The lowest BCUT2D eigenvalue weighted by Gasteiger charge is -2.15. The van der Waals surface area contributed by atoms with E-state index in [0.29, 0.717) is 27.5 Å². The van der Waals surface area contributed by atoms with Crippen LogP contribution in [0.15, 0.2) is 41.8 Å². The molecule has 9 heteroatoms. The number of aromatic nitrogens is 1. The third kappa shape index (κ3) is 5.09. The number of hydrazone groups is 1. The van der Waals surface area contributed by atoms with E-state index in [0.717, 1.165) is 12.2 Å². The van der Waals surface area contributed by atoms with Crippen LogP contribution in [-0.2, 0) is 4.18 Å². The zero-order valence-corrected chi connectivity index (χ0v) is 15.4. The number of carbonyl (C=O) groups is 1. The van der Waals surface area contributed by atoms with Crippen molar-refractivity contribution in [2.45, 2.75) is 6.92 Å². The highest BCUT2D eigenvalue weighted by atomic mass is 35.5. The number of anilines is 1. The summed E-state index contributed by atoms with van der Waals surface area (Å²) < 4.78 is 6.69. The van der Waals surface area contributed by atoms with Gasteiger partial charge >= 0.3 is 0 Å². The molecule has 1 aromatic carbocycles. The van der Waals surface area contributed by atoms with Gasteiger partial charge in [-0.05, 0) is 31.2 Å². The minimum atomic E-state index is -0.425. The Morgan fingerprint density at radius 3 is 2.88 bits per heavy atom. The summed E-state index contributed by atoms with van der Waals surface area (Å²) >= 11 is 7.03. The highest BCUT2D eigenvalue weighted by Crippen LogP contribution is 2.22. The minimum Gasteiger partial charge on any atom is -0.507 e. The van der Waals surface area contributed by atoms with E-state index < -0.39 is 5.91 Å². The summed E-state index contributed by atoms with van der Waals surface area (Å²) in [7, 11) is 3.34. The molecule has 0 fully saturated rings. The Bertz CT molecular complexity index is 801. The summed E-state index contributed by atoms with van der Waals surface area (Å²) in [6.07, 6.45) is 3.05. The number of phenolic OH excluding ortho intramolecular Hbond substituents is 1. The molecule has 0 aliphatic heterocycles.